The molecule has 4 rings (SSSR count). The van der Waals surface area contributed by atoms with Crippen molar-refractivity contribution >= 4 is 11.5 Å². The fraction of sp³-hybridized carbons (Fsp3) is 0.0556. The second-order valence-corrected chi connectivity index (χ2v) is 5.45. The molecule has 0 fully saturated rings. The number of nitrogens with zero attached hydrogens (tertiary/aromatic N) is 3. The van der Waals surface area contributed by atoms with Gasteiger partial charge in [-0.1, -0.05) is 47.6 Å². The molecule has 5 heteroatoms. The molecule has 112 valence electrons. The molecule has 1 aromatic heterocycles. The monoisotopic (exact) mass is 304 g/mol. The number of aromatic nitrogens is 2. The van der Waals surface area contributed by atoms with E-state index in [-0.39, 0.29) is 5.78 Å². The zero-order chi connectivity index (χ0) is 16.0. The number of oxime groups is 1. The maximum absolute atomic E-state index is 13.0. The molecule has 0 aliphatic heterocycles. The number of ketones is 1. The average molecular weight is 304 g/mol. The number of carbonyl (C=O) groups excluding carboxylic acids is 1. The fourth-order valence-electron chi connectivity index (χ4n) is 3.09. The Bertz CT molecular complexity index is 956. The quantitative estimate of drug-likeness (QED) is 0.332. The van der Waals surface area contributed by atoms with Gasteiger partial charge >= 0.3 is 0 Å². The highest BCUT2D eigenvalue weighted by molar-refractivity contribution is 6.28. The van der Waals surface area contributed by atoms with Crippen molar-refractivity contribution in [2.24, 2.45) is 12.2 Å². The van der Waals surface area contributed by atoms with E-state index in [9.17, 15) is 10.0 Å². The number of para-hydroxylation sites is 1. The van der Waals surface area contributed by atoms with E-state index in [4.69, 9.17) is 0 Å². The van der Waals surface area contributed by atoms with Crippen LogP contribution in [-0.4, -0.2) is 21.3 Å². The van der Waals surface area contributed by atoms with E-state index >= 15 is 0 Å². The largest absolute Gasteiger partial charge is 0.410 e. The van der Waals surface area contributed by atoms with Crippen molar-refractivity contribution in [1.29, 1.82) is 0 Å². The Labute approximate surface area is 132 Å². The summed E-state index contributed by atoms with van der Waals surface area (Å²) in [6, 6.07) is 16.8. The molecule has 0 unspecified atom stereocenters. The summed E-state index contributed by atoms with van der Waals surface area (Å²) in [7, 11) is 1.84. The Morgan fingerprint density at radius 2 is 1.65 bits per heavy atom. The number of fused-ring (bicyclic) bond motifs is 2. The predicted molar refractivity (Wildman–Crippen MR) is 84.2 cm³/mol. The number of aryl methyl sites for hydroxylation is 1. The van der Waals surface area contributed by atoms with Gasteiger partial charge in [0.2, 0.25) is 23.5 Å². The van der Waals surface area contributed by atoms with Crippen molar-refractivity contribution in [3.05, 3.63) is 83.4 Å². The van der Waals surface area contributed by atoms with Gasteiger partial charge in [-0.05, 0) is 12.1 Å². The topological polar surface area (TPSA) is 58.5 Å². The number of rotatable bonds is 1. The second-order valence-electron chi connectivity index (χ2n) is 5.45. The molecule has 0 saturated heterocycles. The van der Waals surface area contributed by atoms with E-state index in [0.29, 0.717) is 28.2 Å². The third-order valence-corrected chi connectivity index (χ3v) is 4.11. The van der Waals surface area contributed by atoms with Crippen molar-refractivity contribution in [2.45, 2.75) is 0 Å². The Kier molecular flexibility index (Phi) is 2.87. The molecule has 0 saturated carbocycles. The minimum absolute atomic E-state index is 0.0764. The highest BCUT2D eigenvalue weighted by Gasteiger charge is 2.39. The summed E-state index contributed by atoms with van der Waals surface area (Å²) in [5.74, 6) is -0.0764. The van der Waals surface area contributed by atoms with Crippen LogP contribution >= 0.6 is 0 Å². The first-order valence-electron chi connectivity index (χ1n) is 7.25. The number of hydrogen-bond acceptors (Lipinski definition) is 3. The molecule has 1 aliphatic rings. The normalized spacial score (nSPS) is 14.7. The third kappa shape index (κ3) is 1.83. The summed E-state index contributed by atoms with van der Waals surface area (Å²) < 4.78 is 3.64. The van der Waals surface area contributed by atoms with Crippen LogP contribution in [-0.2, 0) is 7.05 Å². The second kappa shape index (κ2) is 4.91. The van der Waals surface area contributed by atoms with Crippen LogP contribution in [0.1, 0.15) is 27.3 Å². The molecule has 0 spiro atoms. The Balaban J connectivity index is 2.06. The van der Waals surface area contributed by atoms with Gasteiger partial charge in [-0.25, -0.2) is 4.57 Å². The van der Waals surface area contributed by atoms with Gasteiger partial charge in [0, 0.05) is 11.1 Å². The van der Waals surface area contributed by atoms with Crippen molar-refractivity contribution in [1.82, 2.24) is 4.57 Å². The minimum Gasteiger partial charge on any atom is -0.410 e. The van der Waals surface area contributed by atoms with E-state index in [1.165, 1.54) is 0 Å². The molecule has 23 heavy (non-hydrogen) atoms. The Hall–Kier alpha value is -3.21. The molecule has 0 radical (unpaired) electrons. The standard InChI is InChI=1S/C18H13N3O2/c1-20-11-21(12-7-3-2-4-8-12)17-16(20)15(19-23)13-9-5-6-10-14(13)18(17)22/h2-11H,1H3/p+1. The number of benzene rings is 2. The van der Waals surface area contributed by atoms with Crippen LogP contribution in [0.15, 0.2) is 66.1 Å². The smallest absolute Gasteiger partial charge is 0.249 e. The molecule has 1 heterocycles. The van der Waals surface area contributed by atoms with Crippen LogP contribution in [0.4, 0.5) is 0 Å². The molecular weight excluding hydrogens is 290 g/mol. The summed E-state index contributed by atoms with van der Waals surface area (Å²) in [6.45, 7) is 0. The van der Waals surface area contributed by atoms with Crippen LogP contribution in [0.25, 0.3) is 5.69 Å². The number of carbonyl (C=O) groups is 1. The first-order chi connectivity index (χ1) is 11.2. The van der Waals surface area contributed by atoms with Crippen LogP contribution in [0.2, 0.25) is 0 Å². The fourth-order valence-corrected chi connectivity index (χ4v) is 3.09. The molecule has 1 N–H and O–H groups in total. The van der Waals surface area contributed by atoms with Crippen molar-refractivity contribution in [3.8, 4) is 5.69 Å². The number of hydrogen-bond donors (Lipinski definition) is 1. The van der Waals surface area contributed by atoms with Crippen LogP contribution in [0.5, 0.6) is 0 Å². The molecule has 0 amide bonds. The lowest BCUT2D eigenvalue weighted by molar-refractivity contribution is -0.671. The lowest BCUT2D eigenvalue weighted by Crippen LogP contribution is -2.37. The van der Waals surface area contributed by atoms with Gasteiger partial charge in [0.05, 0.1) is 7.05 Å². The van der Waals surface area contributed by atoms with Crippen LogP contribution < -0.4 is 4.57 Å². The van der Waals surface area contributed by atoms with Gasteiger partial charge < -0.3 is 5.21 Å². The lowest BCUT2D eigenvalue weighted by Gasteiger charge is -2.14. The van der Waals surface area contributed by atoms with E-state index < -0.39 is 0 Å². The summed E-state index contributed by atoms with van der Waals surface area (Å²) in [6.07, 6.45) is 1.83. The van der Waals surface area contributed by atoms with E-state index in [2.05, 4.69) is 5.16 Å². The van der Waals surface area contributed by atoms with E-state index in [1.54, 1.807) is 12.1 Å². The Morgan fingerprint density at radius 3 is 2.35 bits per heavy atom. The molecule has 0 bridgehead atoms. The van der Waals surface area contributed by atoms with Gasteiger partial charge in [0.25, 0.3) is 0 Å². The van der Waals surface area contributed by atoms with Gasteiger partial charge in [0.15, 0.2) is 5.71 Å². The van der Waals surface area contributed by atoms with E-state index in [0.717, 1.165) is 5.69 Å². The first-order valence-corrected chi connectivity index (χ1v) is 7.25. The van der Waals surface area contributed by atoms with Crippen molar-refractivity contribution < 1.29 is 14.6 Å². The van der Waals surface area contributed by atoms with Gasteiger partial charge in [-0.15, -0.1) is 0 Å². The molecule has 1 aliphatic carbocycles. The minimum atomic E-state index is -0.0764. The highest BCUT2D eigenvalue weighted by atomic mass is 16.4. The summed E-state index contributed by atoms with van der Waals surface area (Å²) in [5, 5.41) is 13.0. The van der Waals surface area contributed by atoms with Gasteiger partial charge in [0.1, 0.15) is 5.69 Å². The average Bonchev–Trinajstić information content (AvgIpc) is 2.94. The molecule has 2 aromatic carbocycles. The van der Waals surface area contributed by atoms with E-state index in [1.807, 2.05) is 65.0 Å². The zero-order valence-corrected chi connectivity index (χ0v) is 12.5. The van der Waals surface area contributed by atoms with Gasteiger partial charge in [-0.2, -0.15) is 4.57 Å². The summed E-state index contributed by atoms with van der Waals surface area (Å²) in [5.41, 5.74) is 3.60. The van der Waals surface area contributed by atoms with Gasteiger partial charge in [-0.3, -0.25) is 4.79 Å². The summed E-state index contributed by atoms with van der Waals surface area (Å²) in [4.78, 5) is 13.0. The molecule has 3 aromatic rings. The Morgan fingerprint density at radius 1 is 1.00 bits per heavy atom. The zero-order valence-electron chi connectivity index (χ0n) is 12.5. The van der Waals surface area contributed by atoms with Crippen LogP contribution in [0.3, 0.4) is 0 Å². The molecular formula is C18H14N3O2+. The predicted octanol–water partition coefficient (Wildman–Crippen LogP) is 2.07. The van der Waals surface area contributed by atoms with Crippen LogP contribution in [0, 0.1) is 0 Å². The highest BCUT2D eigenvalue weighted by Crippen LogP contribution is 2.27. The maximum Gasteiger partial charge on any atom is 0.249 e. The lowest BCUT2D eigenvalue weighted by atomic mass is 9.89. The SMILES string of the molecule is C[n+]1cn(-c2ccccc2)c2c1/C(=N\O)c1ccccc1C2=O. The van der Waals surface area contributed by atoms with Crippen molar-refractivity contribution in [2.75, 3.05) is 0 Å². The summed E-state index contributed by atoms with van der Waals surface area (Å²) >= 11 is 0. The molecule has 0 atom stereocenters. The number of imidazole rings is 1. The first kappa shape index (κ1) is 13.5. The third-order valence-electron chi connectivity index (χ3n) is 4.11. The maximum atomic E-state index is 13.0. The van der Waals surface area contributed by atoms with Crippen molar-refractivity contribution in [3.63, 3.8) is 0 Å². The molecule has 5 nitrogen and oxygen atoms in total.